The lowest BCUT2D eigenvalue weighted by Crippen LogP contribution is -2.27. The third-order valence-corrected chi connectivity index (χ3v) is 6.30. The van der Waals surface area contributed by atoms with Crippen molar-refractivity contribution in [1.82, 2.24) is 20.7 Å². The van der Waals surface area contributed by atoms with Crippen LogP contribution in [0.4, 0.5) is 8.78 Å². The fourth-order valence-corrected chi connectivity index (χ4v) is 4.42. The molecule has 2 aliphatic rings. The molecule has 0 spiro atoms. The minimum absolute atomic E-state index is 0.0000794. The summed E-state index contributed by atoms with van der Waals surface area (Å²) in [5.41, 5.74) is 8.61. The van der Waals surface area contributed by atoms with Crippen LogP contribution in [0.1, 0.15) is 59.2 Å². The number of nitrogens with zero attached hydrogens (tertiary/aromatic N) is 4. The van der Waals surface area contributed by atoms with Crippen LogP contribution in [0.3, 0.4) is 0 Å². The summed E-state index contributed by atoms with van der Waals surface area (Å²) in [6.45, 7) is 0.616. The molecule has 2 aromatic heterocycles. The third kappa shape index (κ3) is 5.16. The first kappa shape index (κ1) is 22.0. The Morgan fingerprint density at radius 3 is 2.81 bits per heavy atom. The van der Waals surface area contributed by atoms with Gasteiger partial charge in [-0.15, -0.1) is 11.3 Å². The van der Waals surface area contributed by atoms with Crippen molar-refractivity contribution in [2.45, 2.75) is 44.1 Å². The maximum absolute atomic E-state index is 14.3. The van der Waals surface area contributed by atoms with Gasteiger partial charge in [0.1, 0.15) is 16.4 Å². The lowest BCUT2D eigenvalue weighted by Gasteiger charge is -2.18. The second kappa shape index (κ2) is 9.94. The average molecular weight is 460 g/mol. The van der Waals surface area contributed by atoms with Crippen molar-refractivity contribution in [3.05, 3.63) is 51.4 Å². The number of hydrazone groups is 1. The van der Waals surface area contributed by atoms with Crippen LogP contribution in [0.15, 0.2) is 33.3 Å². The second-order valence-corrected chi connectivity index (χ2v) is 8.52. The number of hydrogen-bond acceptors (Lipinski definition) is 8. The minimum atomic E-state index is -0.879. The van der Waals surface area contributed by atoms with E-state index >= 15 is 0 Å². The summed E-state index contributed by atoms with van der Waals surface area (Å²) in [7, 11) is 0. The SMILES string of the molecule is N/C(=C(\C=NC1CCCCC1)NC(=O)c1csc(C2C=NNC2)n1)c1nc(F)ccc1F. The predicted octanol–water partition coefficient (Wildman–Crippen LogP) is 2.95. The number of carbonyl (C=O) groups is 1. The highest BCUT2D eigenvalue weighted by molar-refractivity contribution is 7.10. The maximum Gasteiger partial charge on any atom is 0.275 e. The predicted molar refractivity (Wildman–Crippen MR) is 119 cm³/mol. The number of aromatic nitrogens is 2. The fourth-order valence-electron chi connectivity index (χ4n) is 3.56. The molecule has 0 bridgehead atoms. The monoisotopic (exact) mass is 459 g/mol. The largest absolute Gasteiger partial charge is 0.395 e. The Kier molecular flexibility index (Phi) is 6.84. The van der Waals surface area contributed by atoms with Gasteiger partial charge < -0.3 is 16.5 Å². The first-order valence-electron chi connectivity index (χ1n) is 10.4. The van der Waals surface area contributed by atoms with E-state index in [1.54, 1.807) is 11.6 Å². The highest BCUT2D eigenvalue weighted by Crippen LogP contribution is 2.22. The number of hydrogen-bond donors (Lipinski definition) is 3. The molecular formula is C21H23F2N7OS. The van der Waals surface area contributed by atoms with Crippen LogP contribution in [0, 0.1) is 11.8 Å². The number of thiazole rings is 1. The van der Waals surface area contributed by atoms with E-state index in [4.69, 9.17) is 5.73 Å². The van der Waals surface area contributed by atoms with Crippen LogP contribution in [0.2, 0.25) is 0 Å². The third-order valence-electron chi connectivity index (χ3n) is 5.32. The zero-order valence-electron chi connectivity index (χ0n) is 17.2. The Labute approximate surface area is 187 Å². The van der Waals surface area contributed by atoms with E-state index in [1.807, 2.05) is 0 Å². The normalized spacial score (nSPS) is 19.8. The summed E-state index contributed by atoms with van der Waals surface area (Å²) in [4.78, 5) is 25.3. The molecule has 1 unspecified atom stereocenters. The van der Waals surface area contributed by atoms with E-state index in [0.29, 0.717) is 6.54 Å². The summed E-state index contributed by atoms with van der Waals surface area (Å²) in [5.74, 6) is -2.21. The molecule has 1 saturated carbocycles. The van der Waals surface area contributed by atoms with Gasteiger partial charge in [-0.3, -0.25) is 9.79 Å². The molecule has 1 amide bonds. The van der Waals surface area contributed by atoms with Gasteiger partial charge in [-0.25, -0.2) is 14.4 Å². The number of nitrogens with one attached hydrogen (secondary N) is 2. The van der Waals surface area contributed by atoms with Gasteiger partial charge in [0, 0.05) is 24.4 Å². The Morgan fingerprint density at radius 1 is 1.25 bits per heavy atom. The van der Waals surface area contributed by atoms with Gasteiger partial charge in [0.15, 0.2) is 5.82 Å². The highest BCUT2D eigenvalue weighted by Gasteiger charge is 2.21. The number of aliphatic imine (C=N–C) groups is 1. The lowest BCUT2D eigenvalue weighted by atomic mass is 9.96. The molecule has 4 rings (SSSR count). The molecule has 32 heavy (non-hydrogen) atoms. The first-order chi connectivity index (χ1) is 15.5. The summed E-state index contributed by atoms with van der Waals surface area (Å²) < 4.78 is 27.9. The van der Waals surface area contributed by atoms with Gasteiger partial charge in [-0.2, -0.15) is 9.49 Å². The average Bonchev–Trinajstić information content (AvgIpc) is 3.50. The molecule has 2 aromatic rings. The van der Waals surface area contributed by atoms with Crippen molar-refractivity contribution >= 4 is 35.4 Å². The number of allylic oxidation sites excluding steroid dienone is 1. The topological polar surface area (TPSA) is 118 Å². The van der Waals surface area contributed by atoms with Gasteiger partial charge >= 0.3 is 0 Å². The molecule has 1 atom stereocenters. The van der Waals surface area contributed by atoms with Crippen LogP contribution in [0.25, 0.3) is 5.70 Å². The minimum Gasteiger partial charge on any atom is -0.395 e. The van der Waals surface area contributed by atoms with Crippen LogP contribution in [0.5, 0.6) is 0 Å². The molecule has 1 aliphatic carbocycles. The van der Waals surface area contributed by atoms with E-state index in [-0.39, 0.29) is 34.7 Å². The van der Waals surface area contributed by atoms with Crippen LogP contribution >= 0.6 is 11.3 Å². The molecule has 168 valence electrons. The molecule has 0 saturated heterocycles. The van der Waals surface area contributed by atoms with Crippen molar-refractivity contribution in [3.63, 3.8) is 0 Å². The fraction of sp³-hybridized carbons (Fsp3) is 0.381. The van der Waals surface area contributed by atoms with Gasteiger partial charge in [-0.05, 0) is 25.0 Å². The molecule has 4 N–H and O–H groups in total. The summed E-state index contributed by atoms with van der Waals surface area (Å²) in [6.07, 6.45) is 8.32. The number of amides is 1. The van der Waals surface area contributed by atoms with Gasteiger partial charge in [0.2, 0.25) is 5.95 Å². The standard InChI is InChI=1S/C21H23F2N7OS/c22-14-6-7-17(23)30-19(14)18(24)15(10-25-13-4-2-1-3-5-13)28-20(31)16-11-32-21(29-16)12-8-26-27-9-12/h6-8,10-13,27H,1-5,9,24H2,(H,28,31)/b18-15+,25-10?. The Balaban J connectivity index is 1.61. The Morgan fingerprint density at radius 2 is 2.06 bits per heavy atom. The molecule has 0 aromatic carbocycles. The summed E-state index contributed by atoms with van der Waals surface area (Å²) >= 11 is 1.34. The van der Waals surface area contributed by atoms with E-state index in [0.717, 1.165) is 42.8 Å². The molecule has 0 radical (unpaired) electrons. The number of halogens is 2. The smallest absolute Gasteiger partial charge is 0.275 e. The van der Waals surface area contributed by atoms with Gasteiger partial charge in [0.25, 0.3) is 5.91 Å². The zero-order valence-corrected chi connectivity index (χ0v) is 18.0. The highest BCUT2D eigenvalue weighted by atomic mass is 32.1. The molecule has 3 heterocycles. The number of rotatable bonds is 6. The molecule has 1 fully saturated rings. The van der Waals surface area contributed by atoms with Crippen LogP contribution in [-0.4, -0.2) is 40.9 Å². The number of pyridine rings is 1. The van der Waals surface area contributed by atoms with E-state index in [2.05, 4.69) is 30.8 Å². The van der Waals surface area contributed by atoms with E-state index in [9.17, 15) is 13.6 Å². The van der Waals surface area contributed by atoms with Gasteiger partial charge in [-0.1, -0.05) is 19.3 Å². The van der Waals surface area contributed by atoms with Crippen LogP contribution in [-0.2, 0) is 0 Å². The number of nitrogens with two attached hydrogens (primary N) is 1. The van der Waals surface area contributed by atoms with Crippen molar-refractivity contribution in [1.29, 1.82) is 0 Å². The Bertz CT molecular complexity index is 1080. The number of carbonyl (C=O) groups excluding carboxylic acids is 1. The zero-order chi connectivity index (χ0) is 22.5. The van der Waals surface area contributed by atoms with Crippen molar-refractivity contribution in [2.24, 2.45) is 15.8 Å². The molecule has 11 heteroatoms. The summed E-state index contributed by atoms with van der Waals surface area (Å²) in [5, 5.41) is 8.99. The Hall–Kier alpha value is -3.21. The molecular weight excluding hydrogens is 436 g/mol. The molecule has 8 nitrogen and oxygen atoms in total. The second-order valence-electron chi connectivity index (χ2n) is 7.63. The van der Waals surface area contributed by atoms with Crippen molar-refractivity contribution < 1.29 is 13.6 Å². The first-order valence-corrected chi connectivity index (χ1v) is 11.3. The van der Waals surface area contributed by atoms with Crippen molar-refractivity contribution in [2.75, 3.05) is 6.54 Å². The maximum atomic E-state index is 14.3. The van der Waals surface area contributed by atoms with Crippen LogP contribution < -0.4 is 16.5 Å². The van der Waals surface area contributed by atoms with Crippen molar-refractivity contribution in [3.8, 4) is 0 Å². The van der Waals surface area contributed by atoms with E-state index in [1.165, 1.54) is 24.0 Å². The summed E-state index contributed by atoms with van der Waals surface area (Å²) in [6, 6.07) is 1.93. The quantitative estimate of drug-likeness (QED) is 0.454. The lowest BCUT2D eigenvalue weighted by molar-refractivity contribution is 0.0963. The van der Waals surface area contributed by atoms with Gasteiger partial charge in [0.05, 0.1) is 23.4 Å². The molecule has 1 aliphatic heterocycles. The van der Waals surface area contributed by atoms with E-state index < -0.39 is 17.7 Å².